The maximum atomic E-state index is 12.1. The summed E-state index contributed by atoms with van der Waals surface area (Å²) in [6, 6.07) is 3.87. The van der Waals surface area contributed by atoms with E-state index in [0.29, 0.717) is 0 Å². The van der Waals surface area contributed by atoms with Gasteiger partial charge in [0.25, 0.3) is 11.6 Å². The fourth-order valence-corrected chi connectivity index (χ4v) is 2.44. The number of nitro groups is 1. The molecule has 1 aromatic carbocycles. The van der Waals surface area contributed by atoms with Crippen LogP contribution in [0.3, 0.4) is 0 Å². The number of amides is 1. The number of hydrogen-bond acceptors (Lipinski definition) is 5. The van der Waals surface area contributed by atoms with Crippen LogP contribution in [0.4, 0.5) is 11.4 Å². The lowest BCUT2D eigenvalue weighted by molar-refractivity contribution is -0.384. The first kappa shape index (κ1) is 16.3. The van der Waals surface area contributed by atoms with Crippen LogP contribution in [0.1, 0.15) is 30.6 Å². The predicted molar refractivity (Wildman–Crippen MR) is 82.1 cm³/mol. The summed E-state index contributed by atoms with van der Waals surface area (Å²) in [5.74, 6) is 1.63. The monoisotopic (exact) mass is 297 g/mol. The predicted octanol–water partition coefficient (Wildman–Crippen LogP) is 2.44. The molecule has 20 heavy (non-hydrogen) atoms. The van der Waals surface area contributed by atoms with Gasteiger partial charge in [0.1, 0.15) is 0 Å². The Labute approximate surface area is 122 Å². The van der Waals surface area contributed by atoms with Crippen LogP contribution in [0.2, 0.25) is 0 Å². The second kappa shape index (κ2) is 7.74. The Morgan fingerprint density at radius 3 is 2.85 bits per heavy atom. The number of thioether (sulfide) groups is 1. The Morgan fingerprint density at radius 1 is 1.55 bits per heavy atom. The molecule has 0 bridgehead atoms. The number of carbonyl (C=O) groups is 1. The first-order valence-corrected chi connectivity index (χ1v) is 7.53. The molecule has 0 saturated carbocycles. The second-order valence-corrected chi connectivity index (χ2v) is 5.78. The smallest absolute Gasteiger partial charge is 0.270 e. The normalized spacial score (nSPS) is 11.9. The maximum Gasteiger partial charge on any atom is 0.270 e. The Kier molecular flexibility index (Phi) is 6.30. The summed E-state index contributed by atoms with van der Waals surface area (Å²) in [5.41, 5.74) is 5.95. The van der Waals surface area contributed by atoms with Gasteiger partial charge in [-0.1, -0.05) is 6.92 Å². The second-order valence-electron chi connectivity index (χ2n) is 4.39. The van der Waals surface area contributed by atoms with Gasteiger partial charge in [0.15, 0.2) is 0 Å². The lowest BCUT2D eigenvalue weighted by Gasteiger charge is -2.14. The number of non-ortho nitro benzene ring substituents is 1. The lowest BCUT2D eigenvalue weighted by atomic mass is 10.1. The zero-order valence-electron chi connectivity index (χ0n) is 11.6. The molecule has 1 atom stereocenters. The lowest BCUT2D eigenvalue weighted by Crippen LogP contribution is -2.33. The quantitative estimate of drug-likeness (QED) is 0.348. The number of nitrogens with zero attached hydrogens (tertiary/aromatic N) is 1. The van der Waals surface area contributed by atoms with Crippen LogP contribution in [0.5, 0.6) is 0 Å². The molecule has 3 N–H and O–H groups in total. The molecule has 0 aliphatic heterocycles. The molecule has 1 amide bonds. The van der Waals surface area contributed by atoms with Crippen molar-refractivity contribution in [2.75, 3.05) is 17.2 Å². The maximum absolute atomic E-state index is 12.1. The Morgan fingerprint density at radius 2 is 2.25 bits per heavy atom. The molecule has 0 heterocycles. The third kappa shape index (κ3) is 4.73. The summed E-state index contributed by atoms with van der Waals surface area (Å²) in [4.78, 5) is 22.2. The summed E-state index contributed by atoms with van der Waals surface area (Å²) in [5, 5.41) is 13.5. The third-order valence-corrected chi connectivity index (χ3v) is 3.70. The van der Waals surface area contributed by atoms with Crippen molar-refractivity contribution in [1.29, 1.82) is 0 Å². The van der Waals surface area contributed by atoms with Crippen molar-refractivity contribution in [2.24, 2.45) is 0 Å². The van der Waals surface area contributed by atoms with Gasteiger partial charge in [-0.2, -0.15) is 11.8 Å². The molecule has 110 valence electrons. The van der Waals surface area contributed by atoms with Gasteiger partial charge in [-0.25, -0.2) is 0 Å². The van der Waals surface area contributed by atoms with Crippen LogP contribution in [-0.2, 0) is 0 Å². The topological polar surface area (TPSA) is 98.3 Å². The number of hydrogen-bond donors (Lipinski definition) is 2. The van der Waals surface area contributed by atoms with Crippen molar-refractivity contribution in [3.05, 3.63) is 33.9 Å². The van der Waals surface area contributed by atoms with Crippen molar-refractivity contribution in [3.63, 3.8) is 0 Å². The standard InChI is InChI=1S/C13H19N3O3S/c1-3-20-7-6-9(2)15-13(17)11-8-10(16(18)19)4-5-12(11)14/h4-5,8-9H,3,6-7,14H2,1-2H3,(H,15,17). The van der Waals surface area contributed by atoms with E-state index in [9.17, 15) is 14.9 Å². The van der Waals surface area contributed by atoms with E-state index in [1.807, 2.05) is 6.92 Å². The highest BCUT2D eigenvalue weighted by molar-refractivity contribution is 7.99. The Bertz CT molecular complexity index is 494. The highest BCUT2D eigenvalue weighted by atomic mass is 32.2. The molecule has 0 spiro atoms. The van der Waals surface area contributed by atoms with Crippen LogP contribution in [0.25, 0.3) is 0 Å². The Hall–Kier alpha value is -1.76. The van der Waals surface area contributed by atoms with Crippen LogP contribution in [0, 0.1) is 10.1 Å². The minimum Gasteiger partial charge on any atom is -0.398 e. The van der Waals surface area contributed by atoms with Gasteiger partial charge >= 0.3 is 0 Å². The molecule has 0 fully saturated rings. The van der Waals surface area contributed by atoms with Crippen LogP contribution >= 0.6 is 11.8 Å². The van der Waals surface area contributed by atoms with Gasteiger partial charge < -0.3 is 11.1 Å². The van der Waals surface area contributed by atoms with Gasteiger partial charge in [-0.15, -0.1) is 0 Å². The zero-order valence-corrected chi connectivity index (χ0v) is 12.4. The minimum atomic E-state index is -0.544. The number of rotatable bonds is 7. The van der Waals surface area contributed by atoms with Gasteiger partial charge in [-0.05, 0) is 30.9 Å². The summed E-state index contributed by atoms with van der Waals surface area (Å²) in [7, 11) is 0. The SMILES string of the molecule is CCSCCC(C)NC(=O)c1cc([N+](=O)[O-])ccc1N. The zero-order chi connectivity index (χ0) is 15.1. The van der Waals surface area contributed by atoms with Crippen LogP contribution in [0.15, 0.2) is 18.2 Å². The number of nitro benzene ring substituents is 1. The van der Waals surface area contributed by atoms with E-state index in [1.54, 1.807) is 11.8 Å². The van der Waals surface area contributed by atoms with E-state index < -0.39 is 4.92 Å². The number of nitrogens with two attached hydrogens (primary N) is 1. The van der Waals surface area contributed by atoms with Gasteiger partial charge in [0.2, 0.25) is 0 Å². The third-order valence-electron chi connectivity index (χ3n) is 2.77. The summed E-state index contributed by atoms with van der Waals surface area (Å²) in [6.07, 6.45) is 0.846. The molecular formula is C13H19N3O3S. The number of anilines is 1. The molecule has 6 nitrogen and oxygen atoms in total. The number of nitrogens with one attached hydrogen (secondary N) is 1. The van der Waals surface area contributed by atoms with Crippen molar-refractivity contribution < 1.29 is 9.72 Å². The van der Waals surface area contributed by atoms with Crippen LogP contribution < -0.4 is 11.1 Å². The van der Waals surface area contributed by atoms with E-state index in [-0.39, 0.29) is 28.9 Å². The van der Waals surface area contributed by atoms with Crippen LogP contribution in [-0.4, -0.2) is 28.4 Å². The molecule has 0 aliphatic rings. The van der Waals surface area contributed by atoms with Gasteiger partial charge in [0, 0.05) is 23.9 Å². The average molecular weight is 297 g/mol. The molecular weight excluding hydrogens is 278 g/mol. The molecule has 0 radical (unpaired) electrons. The molecule has 1 rings (SSSR count). The first-order valence-electron chi connectivity index (χ1n) is 6.38. The van der Waals surface area contributed by atoms with E-state index in [4.69, 9.17) is 5.73 Å². The van der Waals surface area contributed by atoms with Crippen molar-refractivity contribution in [1.82, 2.24) is 5.32 Å². The van der Waals surface area contributed by atoms with E-state index in [2.05, 4.69) is 12.2 Å². The Balaban J connectivity index is 2.71. The van der Waals surface area contributed by atoms with E-state index in [1.165, 1.54) is 18.2 Å². The van der Waals surface area contributed by atoms with Gasteiger partial charge in [-0.3, -0.25) is 14.9 Å². The molecule has 0 aromatic heterocycles. The van der Waals surface area contributed by atoms with Crippen molar-refractivity contribution in [3.8, 4) is 0 Å². The summed E-state index contributed by atoms with van der Waals surface area (Å²) in [6.45, 7) is 3.99. The van der Waals surface area contributed by atoms with E-state index >= 15 is 0 Å². The number of benzene rings is 1. The summed E-state index contributed by atoms with van der Waals surface area (Å²) >= 11 is 1.80. The molecule has 7 heteroatoms. The highest BCUT2D eigenvalue weighted by Crippen LogP contribution is 2.19. The molecule has 0 aliphatic carbocycles. The molecule has 0 saturated heterocycles. The first-order chi connectivity index (χ1) is 9.45. The van der Waals surface area contributed by atoms with E-state index in [0.717, 1.165) is 17.9 Å². The highest BCUT2D eigenvalue weighted by Gasteiger charge is 2.16. The minimum absolute atomic E-state index is 0.000197. The number of nitrogen functional groups attached to an aromatic ring is 1. The fourth-order valence-electron chi connectivity index (χ4n) is 1.63. The molecule has 1 unspecified atom stereocenters. The average Bonchev–Trinajstić information content (AvgIpc) is 2.39. The fraction of sp³-hybridized carbons (Fsp3) is 0.462. The van der Waals surface area contributed by atoms with Crippen molar-refractivity contribution >= 4 is 29.0 Å². The largest absolute Gasteiger partial charge is 0.398 e. The van der Waals surface area contributed by atoms with Crippen molar-refractivity contribution in [2.45, 2.75) is 26.3 Å². The van der Waals surface area contributed by atoms with Gasteiger partial charge in [0.05, 0.1) is 10.5 Å². The molecule has 1 aromatic rings. The number of carbonyl (C=O) groups excluding carboxylic acids is 1. The summed E-state index contributed by atoms with van der Waals surface area (Å²) < 4.78 is 0.